The molecule has 1 atom stereocenters. The number of fused-ring (bicyclic) bond motifs is 1. The predicted octanol–water partition coefficient (Wildman–Crippen LogP) is 1.37. The molecule has 0 unspecified atom stereocenters. The molecule has 7 heteroatoms. The maximum atomic E-state index is 12.1. The molecule has 0 saturated carbocycles. The van der Waals surface area contributed by atoms with Gasteiger partial charge in [0.25, 0.3) is 5.56 Å². The van der Waals surface area contributed by atoms with Crippen LogP contribution in [0.1, 0.15) is 23.6 Å². The van der Waals surface area contributed by atoms with E-state index in [9.17, 15) is 14.7 Å². The highest BCUT2D eigenvalue weighted by atomic mass is 16.3. The molecule has 0 fully saturated rings. The third kappa shape index (κ3) is 2.40. The molecule has 4 rings (SSSR count). The van der Waals surface area contributed by atoms with Crippen LogP contribution in [0.5, 0.6) is 5.88 Å². The highest BCUT2D eigenvalue weighted by molar-refractivity contribution is 6.03. The highest BCUT2D eigenvalue weighted by Gasteiger charge is 2.27. The first-order valence-corrected chi connectivity index (χ1v) is 7.88. The van der Waals surface area contributed by atoms with Crippen molar-refractivity contribution in [3.63, 3.8) is 0 Å². The van der Waals surface area contributed by atoms with Gasteiger partial charge >= 0.3 is 5.69 Å². The molecule has 0 radical (unpaired) electrons. The molecular weight excluding hydrogens is 320 g/mol. The van der Waals surface area contributed by atoms with Gasteiger partial charge in [0.1, 0.15) is 5.56 Å². The number of hydrogen-bond acceptors (Lipinski definition) is 5. The van der Waals surface area contributed by atoms with Gasteiger partial charge in [0, 0.05) is 13.5 Å². The summed E-state index contributed by atoms with van der Waals surface area (Å²) >= 11 is 0. The van der Waals surface area contributed by atoms with Gasteiger partial charge in [-0.2, -0.15) is 5.10 Å². The standard InChI is InChI=1S/C18H16N4O3/c1-22-17(24)15(16(23)19-18(22)25)14-9-13(20-21-14)12-8-4-6-10-5-2-3-7-11(10)12/h2-8,13,20,24H,9H2,1H3,(H,19,23,25)/t13-/m0/s1. The largest absolute Gasteiger partial charge is 0.494 e. The number of rotatable bonds is 2. The van der Waals surface area contributed by atoms with E-state index in [0.717, 1.165) is 20.9 Å². The summed E-state index contributed by atoms with van der Waals surface area (Å²) < 4.78 is 0.991. The third-order valence-corrected chi connectivity index (χ3v) is 4.53. The van der Waals surface area contributed by atoms with E-state index in [-0.39, 0.29) is 17.5 Å². The molecule has 0 amide bonds. The molecule has 1 aliphatic rings. The van der Waals surface area contributed by atoms with Crippen LogP contribution in [0.15, 0.2) is 57.2 Å². The lowest BCUT2D eigenvalue weighted by molar-refractivity contribution is 0.416. The van der Waals surface area contributed by atoms with Gasteiger partial charge in [0.05, 0.1) is 11.8 Å². The Bertz CT molecular complexity index is 1120. The minimum atomic E-state index is -0.664. The van der Waals surface area contributed by atoms with Gasteiger partial charge in [0.2, 0.25) is 5.88 Å². The Morgan fingerprint density at radius 3 is 2.76 bits per heavy atom. The lowest BCUT2D eigenvalue weighted by Crippen LogP contribution is -2.32. The van der Waals surface area contributed by atoms with E-state index in [1.54, 1.807) is 0 Å². The number of hydrogen-bond donors (Lipinski definition) is 3. The zero-order chi connectivity index (χ0) is 17.6. The summed E-state index contributed by atoms with van der Waals surface area (Å²) in [5.41, 5.74) is 3.25. The molecule has 0 spiro atoms. The molecule has 2 aromatic carbocycles. The number of benzene rings is 2. The Morgan fingerprint density at radius 2 is 1.92 bits per heavy atom. The summed E-state index contributed by atoms with van der Waals surface area (Å²) in [4.78, 5) is 25.9. The lowest BCUT2D eigenvalue weighted by Gasteiger charge is -2.13. The van der Waals surface area contributed by atoms with E-state index < -0.39 is 11.2 Å². The second-order valence-corrected chi connectivity index (χ2v) is 6.03. The van der Waals surface area contributed by atoms with Crippen LogP contribution in [0.25, 0.3) is 10.8 Å². The number of hydrazone groups is 1. The van der Waals surface area contributed by atoms with Crippen LogP contribution >= 0.6 is 0 Å². The topological polar surface area (TPSA) is 99.5 Å². The van der Waals surface area contributed by atoms with Gasteiger partial charge < -0.3 is 10.5 Å². The van der Waals surface area contributed by atoms with Crippen molar-refractivity contribution >= 4 is 16.5 Å². The van der Waals surface area contributed by atoms with Crippen LogP contribution in [-0.4, -0.2) is 20.4 Å². The molecule has 7 nitrogen and oxygen atoms in total. The van der Waals surface area contributed by atoms with E-state index in [1.165, 1.54) is 7.05 Å². The Kier molecular flexibility index (Phi) is 3.42. The first-order chi connectivity index (χ1) is 12.1. The number of aromatic amines is 1. The molecular formula is C18H16N4O3. The summed E-state index contributed by atoms with van der Waals surface area (Å²) in [6, 6.07) is 14.0. The predicted molar refractivity (Wildman–Crippen MR) is 94.9 cm³/mol. The quantitative estimate of drug-likeness (QED) is 0.658. The van der Waals surface area contributed by atoms with Crippen LogP contribution in [0.3, 0.4) is 0 Å². The molecule has 0 bridgehead atoms. The Balaban J connectivity index is 1.74. The molecule has 25 heavy (non-hydrogen) atoms. The van der Waals surface area contributed by atoms with Crippen molar-refractivity contribution in [3.05, 3.63) is 74.4 Å². The van der Waals surface area contributed by atoms with E-state index >= 15 is 0 Å². The van der Waals surface area contributed by atoms with Crippen molar-refractivity contribution in [2.24, 2.45) is 12.1 Å². The van der Waals surface area contributed by atoms with Crippen LogP contribution in [0.4, 0.5) is 0 Å². The Morgan fingerprint density at radius 1 is 1.16 bits per heavy atom. The summed E-state index contributed by atoms with van der Waals surface area (Å²) in [6.45, 7) is 0. The van der Waals surface area contributed by atoms with E-state index in [4.69, 9.17) is 0 Å². The summed E-state index contributed by atoms with van der Waals surface area (Å²) in [5.74, 6) is -0.382. The van der Waals surface area contributed by atoms with E-state index in [0.29, 0.717) is 12.1 Å². The molecule has 1 aromatic heterocycles. The Hall–Kier alpha value is -3.35. The average molecular weight is 336 g/mol. The number of aromatic hydroxyl groups is 1. The van der Waals surface area contributed by atoms with Gasteiger partial charge in [-0.3, -0.25) is 14.3 Å². The van der Waals surface area contributed by atoms with Crippen LogP contribution in [0.2, 0.25) is 0 Å². The lowest BCUT2D eigenvalue weighted by atomic mass is 9.95. The molecule has 0 aliphatic carbocycles. The minimum absolute atomic E-state index is 0.0253. The number of nitrogens with one attached hydrogen (secondary N) is 2. The second-order valence-electron chi connectivity index (χ2n) is 6.03. The summed E-state index contributed by atoms with van der Waals surface area (Å²) in [5, 5.41) is 16.6. The fourth-order valence-corrected chi connectivity index (χ4v) is 3.20. The summed E-state index contributed by atoms with van der Waals surface area (Å²) in [7, 11) is 1.39. The monoisotopic (exact) mass is 336 g/mol. The van der Waals surface area contributed by atoms with Crippen molar-refractivity contribution in [2.45, 2.75) is 12.5 Å². The smallest absolute Gasteiger partial charge is 0.330 e. The fourth-order valence-electron chi connectivity index (χ4n) is 3.20. The molecule has 3 N–H and O–H groups in total. The number of H-pyrrole nitrogens is 1. The number of nitrogens with zero attached hydrogens (tertiary/aromatic N) is 2. The van der Waals surface area contributed by atoms with Gasteiger partial charge in [-0.15, -0.1) is 0 Å². The van der Waals surface area contributed by atoms with Crippen LogP contribution < -0.4 is 16.7 Å². The van der Waals surface area contributed by atoms with Crippen molar-refractivity contribution in [1.82, 2.24) is 15.0 Å². The van der Waals surface area contributed by atoms with Crippen molar-refractivity contribution in [1.29, 1.82) is 0 Å². The van der Waals surface area contributed by atoms with E-state index in [1.807, 2.05) is 42.5 Å². The third-order valence-electron chi connectivity index (χ3n) is 4.53. The molecule has 0 saturated heterocycles. The molecule has 3 aromatic rings. The molecule has 2 heterocycles. The van der Waals surface area contributed by atoms with Gasteiger partial charge in [-0.05, 0) is 16.3 Å². The van der Waals surface area contributed by atoms with E-state index in [2.05, 4.69) is 15.5 Å². The van der Waals surface area contributed by atoms with Gasteiger partial charge in [-0.25, -0.2) is 4.79 Å². The van der Waals surface area contributed by atoms with Crippen molar-refractivity contribution in [2.75, 3.05) is 0 Å². The second kappa shape index (κ2) is 5.62. The van der Waals surface area contributed by atoms with Crippen LogP contribution in [0, 0.1) is 0 Å². The normalized spacial score (nSPS) is 16.7. The van der Waals surface area contributed by atoms with Crippen molar-refractivity contribution in [3.8, 4) is 5.88 Å². The van der Waals surface area contributed by atoms with Crippen LogP contribution in [-0.2, 0) is 7.05 Å². The first-order valence-electron chi connectivity index (χ1n) is 7.88. The first kappa shape index (κ1) is 15.2. The maximum Gasteiger partial charge on any atom is 0.330 e. The highest BCUT2D eigenvalue weighted by Crippen LogP contribution is 2.30. The average Bonchev–Trinajstić information content (AvgIpc) is 3.09. The fraction of sp³-hybridized carbons (Fsp3) is 0.167. The SMILES string of the molecule is Cn1c(O)c(C2=NN[C@H](c3cccc4ccccc34)C2)c(=O)[nH]c1=O. The Labute approximate surface area is 142 Å². The minimum Gasteiger partial charge on any atom is -0.494 e. The van der Waals surface area contributed by atoms with Gasteiger partial charge in [-0.1, -0.05) is 42.5 Å². The molecule has 1 aliphatic heterocycles. The summed E-state index contributed by atoms with van der Waals surface area (Å²) in [6.07, 6.45) is 0.433. The zero-order valence-electron chi connectivity index (χ0n) is 13.5. The van der Waals surface area contributed by atoms with Crippen molar-refractivity contribution < 1.29 is 5.11 Å². The zero-order valence-corrected chi connectivity index (χ0v) is 13.5. The number of aromatic nitrogens is 2. The maximum absolute atomic E-state index is 12.1. The molecule has 126 valence electrons. The van der Waals surface area contributed by atoms with Gasteiger partial charge in [0.15, 0.2) is 0 Å².